The smallest absolute Gasteiger partial charge is 0.264 e. The number of carbonyl (C=O) groups excluding carboxylic acids is 2. The second-order valence-corrected chi connectivity index (χ2v) is 7.67. The van der Waals surface area contributed by atoms with Crippen molar-refractivity contribution in [1.82, 2.24) is 9.80 Å². The van der Waals surface area contributed by atoms with Gasteiger partial charge in [-0.05, 0) is 30.0 Å². The van der Waals surface area contributed by atoms with Gasteiger partial charge in [0.1, 0.15) is 0 Å². The number of aryl methyl sites for hydroxylation is 1. The van der Waals surface area contributed by atoms with E-state index in [0.29, 0.717) is 31.9 Å². The van der Waals surface area contributed by atoms with Gasteiger partial charge in [-0.15, -0.1) is 23.1 Å². The molecule has 1 fully saturated rings. The first-order valence-corrected chi connectivity index (χ1v) is 9.80. The summed E-state index contributed by atoms with van der Waals surface area (Å²) in [7, 11) is 0. The zero-order chi connectivity index (χ0) is 16.9. The summed E-state index contributed by atoms with van der Waals surface area (Å²) >= 11 is 3.05. The molecular formula is C18H20N2O2S2. The van der Waals surface area contributed by atoms with Gasteiger partial charge in [-0.25, -0.2) is 0 Å². The van der Waals surface area contributed by atoms with Crippen molar-refractivity contribution in [1.29, 1.82) is 0 Å². The van der Waals surface area contributed by atoms with Crippen LogP contribution in [0.3, 0.4) is 0 Å². The molecule has 3 rings (SSSR count). The van der Waals surface area contributed by atoms with Crippen LogP contribution in [-0.2, 0) is 4.79 Å². The lowest BCUT2D eigenvalue weighted by atomic mass is 10.2. The van der Waals surface area contributed by atoms with E-state index in [1.54, 1.807) is 11.8 Å². The first-order valence-electron chi connectivity index (χ1n) is 7.94. The van der Waals surface area contributed by atoms with E-state index in [4.69, 9.17) is 0 Å². The lowest BCUT2D eigenvalue weighted by molar-refractivity contribution is -0.129. The Bertz CT molecular complexity index is 708. The Morgan fingerprint density at radius 2 is 1.75 bits per heavy atom. The van der Waals surface area contributed by atoms with Crippen molar-refractivity contribution >= 4 is 34.9 Å². The van der Waals surface area contributed by atoms with Crippen LogP contribution in [0.2, 0.25) is 0 Å². The Hall–Kier alpha value is -1.79. The summed E-state index contributed by atoms with van der Waals surface area (Å²) in [5, 5.41) is 1.91. The van der Waals surface area contributed by atoms with Crippen LogP contribution in [0.5, 0.6) is 0 Å². The largest absolute Gasteiger partial charge is 0.338 e. The third-order valence-electron chi connectivity index (χ3n) is 4.10. The Balaban J connectivity index is 1.48. The van der Waals surface area contributed by atoms with Crippen LogP contribution < -0.4 is 0 Å². The molecule has 6 heteroatoms. The van der Waals surface area contributed by atoms with Crippen molar-refractivity contribution in [3.05, 3.63) is 52.2 Å². The summed E-state index contributed by atoms with van der Waals surface area (Å²) in [6.07, 6.45) is 0. The predicted octanol–water partition coefficient (Wildman–Crippen LogP) is 3.13. The van der Waals surface area contributed by atoms with Crippen LogP contribution in [0.1, 0.15) is 15.2 Å². The molecule has 1 aliphatic heterocycles. The summed E-state index contributed by atoms with van der Waals surface area (Å²) in [6, 6.07) is 11.8. The Kier molecular flexibility index (Phi) is 5.58. The fourth-order valence-corrected chi connectivity index (χ4v) is 4.29. The van der Waals surface area contributed by atoms with Crippen molar-refractivity contribution in [2.45, 2.75) is 11.8 Å². The van der Waals surface area contributed by atoms with E-state index in [-0.39, 0.29) is 11.8 Å². The van der Waals surface area contributed by atoms with Gasteiger partial charge in [0.15, 0.2) is 0 Å². The van der Waals surface area contributed by atoms with E-state index in [0.717, 1.165) is 9.77 Å². The molecule has 0 radical (unpaired) electrons. The molecule has 0 spiro atoms. The first-order chi connectivity index (χ1) is 11.6. The number of rotatable bonds is 4. The quantitative estimate of drug-likeness (QED) is 0.787. The predicted molar refractivity (Wildman–Crippen MR) is 98.7 cm³/mol. The minimum absolute atomic E-state index is 0.0754. The van der Waals surface area contributed by atoms with Gasteiger partial charge in [-0.2, -0.15) is 0 Å². The number of piperazine rings is 1. The summed E-state index contributed by atoms with van der Waals surface area (Å²) in [5.74, 6) is 0.668. The molecule has 1 saturated heterocycles. The van der Waals surface area contributed by atoms with Crippen LogP contribution >= 0.6 is 23.1 Å². The second-order valence-electron chi connectivity index (χ2n) is 5.70. The highest BCUT2D eigenvalue weighted by Crippen LogP contribution is 2.22. The SMILES string of the molecule is Cc1ccccc1SCC(=O)N1CCN(C(=O)c2cccs2)CC1. The van der Waals surface area contributed by atoms with Crippen molar-refractivity contribution in [3.63, 3.8) is 0 Å². The molecule has 2 aromatic rings. The van der Waals surface area contributed by atoms with E-state index in [9.17, 15) is 9.59 Å². The monoisotopic (exact) mass is 360 g/mol. The van der Waals surface area contributed by atoms with E-state index < -0.39 is 0 Å². The van der Waals surface area contributed by atoms with Crippen LogP contribution in [0.15, 0.2) is 46.7 Å². The molecular weight excluding hydrogens is 340 g/mol. The molecule has 0 aliphatic carbocycles. The van der Waals surface area contributed by atoms with Gasteiger partial charge < -0.3 is 9.80 Å². The van der Waals surface area contributed by atoms with Gasteiger partial charge in [0.25, 0.3) is 5.91 Å². The summed E-state index contributed by atoms with van der Waals surface area (Å²) in [5.41, 5.74) is 1.20. The number of thioether (sulfide) groups is 1. The maximum Gasteiger partial charge on any atom is 0.264 e. The van der Waals surface area contributed by atoms with Crippen molar-refractivity contribution in [3.8, 4) is 0 Å². The van der Waals surface area contributed by atoms with Crippen molar-refractivity contribution in [2.24, 2.45) is 0 Å². The van der Waals surface area contributed by atoms with Crippen LogP contribution in [0, 0.1) is 6.92 Å². The van der Waals surface area contributed by atoms with E-state index >= 15 is 0 Å². The molecule has 0 saturated carbocycles. The maximum absolute atomic E-state index is 12.4. The van der Waals surface area contributed by atoms with E-state index in [1.807, 2.05) is 45.5 Å². The normalized spacial score (nSPS) is 14.7. The molecule has 0 N–H and O–H groups in total. The zero-order valence-electron chi connectivity index (χ0n) is 13.6. The Morgan fingerprint density at radius 3 is 2.42 bits per heavy atom. The number of carbonyl (C=O) groups is 2. The third-order valence-corrected chi connectivity index (χ3v) is 6.11. The van der Waals surface area contributed by atoms with Crippen LogP contribution in [0.4, 0.5) is 0 Å². The summed E-state index contributed by atoms with van der Waals surface area (Å²) in [4.78, 5) is 30.3. The van der Waals surface area contributed by atoms with Gasteiger partial charge >= 0.3 is 0 Å². The van der Waals surface area contributed by atoms with Gasteiger partial charge in [0.05, 0.1) is 10.6 Å². The molecule has 0 atom stereocenters. The maximum atomic E-state index is 12.4. The average molecular weight is 361 g/mol. The van der Waals surface area contributed by atoms with Crippen molar-refractivity contribution in [2.75, 3.05) is 31.9 Å². The van der Waals surface area contributed by atoms with E-state index in [1.165, 1.54) is 16.9 Å². The lowest BCUT2D eigenvalue weighted by Gasteiger charge is -2.34. The molecule has 2 amide bonds. The second kappa shape index (κ2) is 7.85. The molecule has 24 heavy (non-hydrogen) atoms. The fourth-order valence-electron chi connectivity index (χ4n) is 2.66. The van der Waals surface area contributed by atoms with Crippen LogP contribution in [0.25, 0.3) is 0 Å². The highest BCUT2D eigenvalue weighted by Gasteiger charge is 2.25. The minimum Gasteiger partial charge on any atom is -0.338 e. The number of nitrogens with zero attached hydrogens (tertiary/aromatic N) is 2. The molecule has 1 aliphatic rings. The standard InChI is InChI=1S/C18H20N2O2S2/c1-14-5-2-3-6-15(14)24-13-17(21)19-8-10-20(11-9-19)18(22)16-7-4-12-23-16/h2-7,12H,8-11,13H2,1H3. The molecule has 1 aromatic heterocycles. The number of hydrogen-bond acceptors (Lipinski definition) is 4. The molecule has 1 aromatic carbocycles. The number of hydrogen-bond donors (Lipinski definition) is 0. The molecule has 126 valence electrons. The third kappa shape index (κ3) is 3.99. The average Bonchev–Trinajstić information content (AvgIpc) is 3.15. The summed E-state index contributed by atoms with van der Waals surface area (Å²) < 4.78 is 0. The topological polar surface area (TPSA) is 40.6 Å². The Labute approximate surface area is 150 Å². The fraction of sp³-hybridized carbons (Fsp3) is 0.333. The van der Waals surface area contributed by atoms with E-state index in [2.05, 4.69) is 13.0 Å². The van der Waals surface area contributed by atoms with Gasteiger partial charge in [0.2, 0.25) is 5.91 Å². The molecule has 2 heterocycles. The molecule has 0 bridgehead atoms. The van der Waals surface area contributed by atoms with Crippen LogP contribution in [-0.4, -0.2) is 53.5 Å². The number of benzene rings is 1. The first kappa shape index (κ1) is 17.0. The van der Waals surface area contributed by atoms with Gasteiger partial charge in [-0.1, -0.05) is 24.3 Å². The lowest BCUT2D eigenvalue weighted by Crippen LogP contribution is -2.51. The summed E-state index contributed by atoms with van der Waals surface area (Å²) in [6.45, 7) is 4.51. The minimum atomic E-state index is 0.0754. The highest BCUT2D eigenvalue weighted by atomic mass is 32.2. The zero-order valence-corrected chi connectivity index (χ0v) is 15.2. The molecule has 0 unspecified atom stereocenters. The van der Waals surface area contributed by atoms with Gasteiger partial charge in [0, 0.05) is 31.1 Å². The van der Waals surface area contributed by atoms with Crippen molar-refractivity contribution < 1.29 is 9.59 Å². The highest BCUT2D eigenvalue weighted by molar-refractivity contribution is 8.00. The Morgan fingerprint density at radius 1 is 1.04 bits per heavy atom. The number of amides is 2. The number of thiophene rings is 1. The molecule has 4 nitrogen and oxygen atoms in total. The van der Waals surface area contributed by atoms with Gasteiger partial charge in [-0.3, -0.25) is 9.59 Å².